The lowest BCUT2D eigenvalue weighted by molar-refractivity contribution is -0.131. The summed E-state index contributed by atoms with van der Waals surface area (Å²) >= 11 is 0. The molecule has 0 aromatic heterocycles. The molecular weight excluding hydrogens is 308 g/mol. The molecule has 0 radical (unpaired) electrons. The number of amides is 1. The van der Waals surface area contributed by atoms with Crippen molar-refractivity contribution in [1.82, 2.24) is 4.90 Å². The summed E-state index contributed by atoms with van der Waals surface area (Å²) in [7, 11) is 0. The van der Waals surface area contributed by atoms with Gasteiger partial charge in [0.25, 0.3) is 0 Å². The van der Waals surface area contributed by atoms with Gasteiger partial charge in [-0.1, -0.05) is 54.6 Å². The molecule has 3 nitrogen and oxygen atoms in total. The van der Waals surface area contributed by atoms with Crippen molar-refractivity contribution in [2.24, 2.45) is 11.7 Å². The van der Waals surface area contributed by atoms with Crippen molar-refractivity contribution in [3.05, 3.63) is 71.3 Å². The minimum atomic E-state index is 0.0402. The van der Waals surface area contributed by atoms with E-state index in [1.165, 1.54) is 16.7 Å². The molecule has 2 aromatic carbocycles. The maximum atomic E-state index is 12.8. The van der Waals surface area contributed by atoms with Crippen LogP contribution in [0.3, 0.4) is 0 Å². The van der Waals surface area contributed by atoms with Crippen molar-refractivity contribution < 1.29 is 4.79 Å². The van der Waals surface area contributed by atoms with Gasteiger partial charge in [-0.2, -0.15) is 0 Å². The molecule has 130 valence electrons. The normalized spacial score (nSPS) is 25.6. The van der Waals surface area contributed by atoms with E-state index in [1.807, 2.05) is 23.1 Å². The zero-order valence-electron chi connectivity index (χ0n) is 14.6. The Kier molecular flexibility index (Phi) is 4.58. The van der Waals surface area contributed by atoms with E-state index in [2.05, 4.69) is 36.4 Å². The Labute approximate surface area is 149 Å². The molecule has 3 atom stereocenters. The lowest BCUT2D eigenvalue weighted by atomic mass is 9.82. The number of nitrogens with two attached hydrogens (primary N) is 1. The van der Waals surface area contributed by atoms with Crippen molar-refractivity contribution in [1.29, 1.82) is 0 Å². The summed E-state index contributed by atoms with van der Waals surface area (Å²) in [4.78, 5) is 14.8. The molecule has 4 rings (SSSR count). The van der Waals surface area contributed by atoms with Gasteiger partial charge in [0, 0.05) is 31.5 Å². The lowest BCUT2D eigenvalue weighted by Crippen LogP contribution is -2.33. The molecule has 1 aliphatic carbocycles. The van der Waals surface area contributed by atoms with Crippen molar-refractivity contribution >= 4 is 5.91 Å². The molecule has 1 saturated heterocycles. The highest BCUT2D eigenvalue weighted by Gasteiger charge is 2.34. The van der Waals surface area contributed by atoms with Crippen molar-refractivity contribution in [2.75, 3.05) is 13.1 Å². The summed E-state index contributed by atoms with van der Waals surface area (Å²) in [5.41, 5.74) is 10.5. The van der Waals surface area contributed by atoms with Gasteiger partial charge in [-0.3, -0.25) is 4.79 Å². The minimum Gasteiger partial charge on any atom is -0.340 e. The van der Waals surface area contributed by atoms with Gasteiger partial charge in [0.1, 0.15) is 0 Å². The number of nitrogens with zero attached hydrogens (tertiary/aromatic N) is 1. The van der Waals surface area contributed by atoms with Crippen LogP contribution in [-0.4, -0.2) is 29.9 Å². The van der Waals surface area contributed by atoms with Crippen molar-refractivity contribution in [2.45, 2.75) is 37.6 Å². The number of likely N-dealkylation sites (tertiary alicyclic amines) is 1. The van der Waals surface area contributed by atoms with Gasteiger partial charge in [-0.25, -0.2) is 0 Å². The molecule has 1 aliphatic heterocycles. The SMILES string of the molecule is N[C@@H]1CN(C(=O)CC2CCc3ccccc3C2)C[C@H]1c1ccccc1. The highest BCUT2D eigenvalue weighted by atomic mass is 16.2. The first-order chi connectivity index (χ1) is 12.2. The van der Waals surface area contributed by atoms with Gasteiger partial charge in [0.05, 0.1) is 0 Å². The number of aryl methyl sites for hydroxylation is 1. The smallest absolute Gasteiger partial charge is 0.222 e. The lowest BCUT2D eigenvalue weighted by Gasteiger charge is -2.26. The number of hydrogen-bond donors (Lipinski definition) is 1. The van der Waals surface area contributed by atoms with E-state index in [9.17, 15) is 4.79 Å². The van der Waals surface area contributed by atoms with Crippen LogP contribution in [0.25, 0.3) is 0 Å². The highest BCUT2D eigenvalue weighted by Crippen LogP contribution is 2.30. The Bertz CT molecular complexity index is 743. The molecule has 1 heterocycles. The summed E-state index contributed by atoms with van der Waals surface area (Å²) in [6, 6.07) is 19.0. The Morgan fingerprint density at radius 3 is 2.52 bits per heavy atom. The standard InChI is InChI=1S/C22H26N2O/c23-21-15-24(14-20(21)18-7-2-1-3-8-18)22(25)13-16-10-11-17-6-4-5-9-19(17)12-16/h1-9,16,20-21H,10-15,23H2/t16?,20-,21+/m0/s1. The van der Waals surface area contributed by atoms with E-state index < -0.39 is 0 Å². The van der Waals surface area contributed by atoms with E-state index in [4.69, 9.17) is 5.73 Å². The number of rotatable bonds is 3. The second-order valence-corrected chi connectivity index (χ2v) is 7.56. The highest BCUT2D eigenvalue weighted by molar-refractivity contribution is 5.77. The molecule has 0 bridgehead atoms. The molecule has 0 saturated carbocycles. The van der Waals surface area contributed by atoms with E-state index in [1.54, 1.807) is 0 Å². The van der Waals surface area contributed by atoms with Crippen LogP contribution in [0.4, 0.5) is 0 Å². The van der Waals surface area contributed by atoms with Crippen molar-refractivity contribution in [3.8, 4) is 0 Å². The predicted octanol–water partition coefficient (Wildman–Crippen LogP) is 3.13. The van der Waals surface area contributed by atoms with Gasteiger partial charge in [-0.05, 0) is 41.9 Å². The topological polar surface area (TPSA) is 46.3 Å². The Morgan fingerprint density at radius 2 is 1.72 bits per heavy atom. The van der Waals surface area contributed by atoms with E-state index >= 15 is 0 Å². The first-order valence-corrected chi connectivity index (χ1v) is 9.36. The number of hydrogen-bond acceptors (Lipinski definition) is 2. The fraction of sp³-hybridized carbons (Fsp3) is 0.409. The fourth-order valence-corrected chi connectivity index (χ4v) is 4.41. The van der Waals surface area contributed by atoms with Crippen LogP contribution >= 0.6 is 0 Å². The molecule has 2 aliphatic rings. The maximum Gasteiger partial charge on any atom is 0.222 e. The quantitative estimate of drug-likeness (QED) is 0.937. The predicted molar refractivity (Wildman–Crippen MR) is 100 cm³/mol. The van der Waals surface area contributed by atoms with Crippen LogP contribution in [0.1, 0.15) is 35.4 Å². The monoisotopic (exact) mass is 334 g/mol. The average Bonchev–Trinajstić information content (AvgIpc) is 3.04. The third-order valence-corrected chi connectivity index (χ3v) is 5.86. The molecule has 3 heteroatoms. The van der Waals surface area contributed by atoms with Gasteiger partial charge in [-0.15, -0.1) is 0 Å². The molecular formula is C22H26N2O. The van der Waals surface area contributed by atoms with E-state index in [0.717, 1.165) is 25.8 Å². The third kappa shape index (κ3) is 3.47. The second-order valence-electron chi connectivity index (χ2n) is 7.56. The Balaban J connectivity index is 1.38. The van der Waals surface area contributed by atoms with Crippen molar-refractivity contribution in [3.63, 3.8) is 0 Å². The zero-order chi connectivity index (χ0) is 17.2. The number of carbonyl (C=O) groups is 1. The summed E-state index contributed by atoms with van der Waals surface area (Å²) in [5, 5.41) is 0. The molecule has 2 N–H and O–H groups in total. The van der Waals surface area contributed by atoms with Crippen LogP contribution in [0.15, 0.2) is 54.6 Å². The van der Waals surface area contributed by atoms with Crippen LogP contribution in [0.2, 0.25) is 0 Å². The second kappa shape index (κ2) is 7.01. The summed E-state index contributed by atoms with van der Waals surface area (Å²) in [6.07, 6.45) is 3.90. The number of carbonyl (C=O) groups excluding carboxylic acids is 1. The molecule has 2 aromatic rings. The molecule has 25 heavy (non-hydrogen) atoms. The Morgan fingerprint density at radius 1 is 1.00 bits per heavy atom. The Hall–Kier alpha value is -2.13. The number of benzene rings is 2. The van der Waals surface area contributed by atoms with Gasteiger partial charge >= 0.3 is 0 Å². The molecule has 1 amide bonds. The first kappa shape index (κ1) is 16.3. The molecule has 0 spiro atoms. The third-order valence-electron chi connectivity index (χ3n) is 5.86. The largest absolute Gasteiger partial charge is 0.340 e. The molecule has 1 unspecified atom stereocenters. The maximum absolute atomic E-state index is 12.8. The average molecular weight is 334 g/mol. The van der Waals surface area contributed by atoms with Gasteiger partial charge in [0.15, 0.2) is 0 Å². The summed E-state index contributed by atoms with van der Waals surface area (Å²) < 4.78 is 0. The van der Waals surface area contributed by atoms with Crippen LogP contribution in [0.5, 0.6) is 0 Å². The first-order valence-electron chi connectivity index (χ1n) is 9.36. The minimum absolute atomic E-state index is 0.0402. The van der Waals surface area contributed by atoms with E-state index in [-0.39, 0.29) is 17.9 Å². The molecule has 1 fully saturated rings. The van der Waals surface area contributed by atoms with E-state index in [0.29, 0.717) is 18.9 Å². The summed E-state index contributed by atoms with van der Waals surface area (Å²) in [5.74, 6) is 1.00. The van der Waals surface area contributed by atoms with Crippen LogP contribution in [0, 0.1) is 5.92 Å². The van der Waals surface area contributed by atoms with Gasteiger partial charge in [0.2, 0.25) is 5.91 Å². The summed E-state index contributed by atoms with van der Waals surface area (Å²) in [6.45, 7) is 1.44. The van der Waals surface area contributed by atoms with Crippen LogP contribution < -0.4 is 5.73 Å². The zero-order valence-corrected chi connectivity index (χ0v) is 14.6. The number of fused-ring (bicyclic) bond motifs is 1. The fourth-order valence-electron chi connectivity index (χ4n) is 4.41. The van der Waals surface area contributed by atoms with Gasteiger partial charge < -0.3 is 10.6 Å². The van der Waals surface area contributed by atoms with Crippen LogP contribution in [-0.2, 0) is 17.6 Å².